The Kier molecular flexibility index (Phi) is 6.14. The summed E-state index contributed by atoms with van der Waals surface area (Å²) in [4.78, 5) is 14.8. The Hall–Kier alpha value is -1.66. The standard InChI is InChI=1S/C20H22BrNO3S/c21-19-11-5-4-7-16(19)12-13-20(23)22-14-6-8-17(22)15-26(24,25)18-9-2-1-3-10-18/h1-5,7,9-11,17H,6,8,12-15H2. The summed E-state index contributed by atoms with van der Waals surface area (Å²) < 4.78 is 26.3. The smallest absolute Gasteiger partial charge is 0.223 e. The van der Waals surface area contributed by atoms with Crippen molar-refractivity contribution in [2.75, 3.05) is 12.3 Å². The van der Waals surface area contributed by atoms with Gasteiger partial charge in [0.25, 0.3) is 0 Å². The van der Waals surface area contributed by atoms with Crippen molar-refractivity contribution in [2.24, 2.45) is 0 Å². The second-order valence-electron chi connectivity index (χ2n) is 6.57. The molecule has 2 aromatic rings. The Morgan fingerprint density at radius 1 is 1.08 bits per heavy atom. The molecule has 1 heterocycles. The van der Waals surface area contributed by atoms with Gasteiger partial charge in [-0.1, -0.05) is 52.3 Å². The van der Waals surface area contributed by atoms with E-state index in [1.165, 1.54) is 0 Å². The van der Waals surface area contributed by atoms with Crippen LogP contribution in [0.15, 0.2) is 64.0 Å². The quantitative estimate of drug-likeness (QED) is 0.692. The lowest BCUT2D eigenvalue weighted by atomic mass is 10.1. The molecule has 0 bridgehead atoms. The van der Waals surface area contributed by atoms with Crippen molar-refractivity contribution in [3.63, 3.8) is 0 Å². The Morgan fingerprint density at radius 2 is 1.77 bits per heavy atom. The van der Waals surface area contributed by atoms with Gasteiger partial charge < -0.3 is 4.90 Å². The molecule has 0 N–H and O–H groups in total. The molecule has 26 heavy (non-hydrogen) atoms. The first-order valence-corrected chi connectivity index (χ1v) is 11.2. The molecule has 2 aromatic carbocycles. The van der Waals surface area contributed by atoms with E-state index in [-0.39, 0.29) is 17.7 Å². The lowest BCUT2D eigenvalue weighted by molar-refractivity contribution is -0.131. The number of hydrogen-bond acceptors (Lipinski definition) is 3. The summed E-state index contributed by atoms with van der Waals surface area (Å²) in [6, 6.07) is 16.1. The topological polar surface area (TPSA) is 54.5 Å². The number of carbonyl (C=O) groups excluding carboxylic acids is 1. The van der Waals surface area contributed by atoms with Crippen LogP contribution in [0.1, 0.15) is 24.8 Å². The predicted octanol–water partition coefficient (Wildman–Crippen LogP) is 3.85. The van der Waals surface area contributed by atoms with Gasteiger partial charge in [0.1, 0.15) is 0 Å². The minimum atomic E-state index is -3.39. The van der Waals surface area contributed by atoms with Crippen LogP contribution in [-0.2, 0) is 21.1 Å². The van der Waals surface area contributed by atoms with Crippen LogP contribution in [0, 0.1) is 0 Å². The van der Waals surface area contributed by atoms with E-state index in [1.807, 2.05) is 24.3 Å². The van der Waals surface area contributed by atoms with Crippen molar-refractivity contribution >= 4 is 31.7 Å². The normalized spacial score (nSPS) is 17.4. The molecule has 0 aliphatic carbocycles. The lowest BCUT2D eigenvalue weighted by Gasteiger charge is -2.25. The summed E-state index contributed by atoms with van der Waals surface area (Å²) in [5.74, 6) is 0.0316. The van der Waals surface area contributed by atoms with E-state index in [9.17, 15) is 13.2 Å². The van der Waals surface area contributed by atoms with Crippen LogP contribution >= 0.6 is 15.9 Å². The summed E-state index contributed by atoms with van der Waals surface area (Å²) in [6.45, 7) is 0.643. The number of sulfone groups is 1. The summed E-state index contributed by atoms with van der Waals surface area (Å²) in [5, 5.41) is 0. The molecule has 1 aliphatic heterocycles. The fourth-order valence-corrected chi connectivity index (χ4v) is 5.50. The minimum Gasteiger partial charge on any atom is -0.339 e. The average Bonchev–Trinajstić information content (AvgIpc) is 3.09. The fraction of sp³-hybridized carbons (Fsp3) is 0.350. The number of aryl methyl sites for hydroxylation is 1. The largest absolute Gasteiger partial charge is 0.339 e. The third kappa shape index (κ3) is 4.54. The van der Waals surface area contributed by atoms with E-state index in [0.29, 0.717) is 24.3 Å². The summed E-state index contributed by atoms with van der Waals surface area (Å²) in [5.41, 5.74) is 1.09. The molecule has 0 radical (unpaired) electrons. The van der Waals surface area contributed by atoms with Gasteiger partial charge in [0.2, 0.25) is 5.91 Å². The first kappa shape index (κ1) is 19.1. The molecular formula is C20H22BrNO3S. The summed E-state index contributed by atoms with van der Waals surface area (Å²) in [7, 11) is -3.39. The zero-order valence-corrected chi connectivity index (χ0v) is 16.9. The van der Waals surface area contributed by atoms with E-state index < -0.39 is 9.84 Å². The number of nitrogens with zero attached hydrogens (tertiary/aromatic N) is 1. The Bertz CT molecular complexity index is 868. The van der Waals surface area contributed by atoms with Gasteiger partial charge in [-0.25, -0.2) is 8.42 Å². The predicted molar refractivity (Wildman–Crippen MR) is 106 cm³/mol. The molecule has 6 heteroatoms. The maximum absolute atomic E-state index is 12.7. The molecule has 1 amide bonds. The van der Waals surface area contributed by atoms with Crippen LogP contribution in [0.4, 0.5) is 0 Å². The summed E-state index contributed by atoms with van der Waals surface area (Å²) in [6.07, 6.45) is 2.64. The van der Waals surface area contributed by atoms with Crippen molar-refractivity contribution in [1.82, 2.24) is 4.90 Å². The molecule has 138 valence electrons. The molecule has 1 fully saturated rings. The van der Waals surface area contributed by atoms with Gasteiger partial charge >= 0.3 is 0 Å². The highest BCUT2D eigenvalue weighted by molar-refractivity contribution is 9.10. The summed E-state index contributed by atoms with van der Waals surface area (Å²) >= 11 is 3.50. The SMILES string of the molecule is O=C(CCc1ccccc1Br)N1CCCC1CS(=O)(=O)c1ccccc1. The zero-order chi connectivity index (χ0) is 18.6. The van der Waals surface area contributed by atoms with Gasteiger partial charge in [-0.3, -0.25) is 4.79 Å². The number of hydrogen-bond donors (Lipinski definition) is 0. The van der Waals surface area contributed by atoms with E-state index in [4.69, 9.17) is 0 Å². The van der Waals surface area contributed by atoms with Crippen LogP contribution in [0.25, 0.3) is 0 Å². The number of carbonyl (C=O) groups is 1. The van der Waals surface area contributed by atoms with Gasteiger partial charge in [0, 0.05) is 23.5 Å². The molecule has 0 spiro atoms. The maximum atomic E-state index is 12.7. The maximum Gasteiger partial charge on any atom is 0.223 e. The molecular weight excluding hydrogens is 414 g/mol. The molecule has 0 aromatic heterocycles. The van der Waals surface area contributed by atoms with Gasteiger partial charge in [-0.2, -0.15) is 0 Å². The van der Waals surface area contributed by atoms with Crippen LogP contribution in [0.2, 0.25) is 0 Å². The van der Waals surface area contributed by atoms with Crippen molar-refractivity contribution in [3.05, 3.63) is 64.6 Å². The van der Waals surface area contributed by atoms with Crippen LogP contribution in [-0.4, -0.2) is 37.6 Å². The molecule has 1 aliphatic rings. The van der Waals surface area contributed by atoms with E-state index >= 15 is 0 Å². The van der Waals surface area contributed by atoms with Crippen LogP contribution < -0.4 is 0 Å². The highest BCUT2D eigenvalue weighted by Gasteiger charge is 2.32. The van der Waals surface area contributed by atoms with Crippen molar-refractivity contribution in [3.8, 4) is 0 Å². The average molecular weight is 436 g/mol. The molecule has 1 atom stereocenters. The molecule has 4 nitrogen and oxygen atoms in total. The molecule has 1 unspecified atom stereocenters. The first-order valence-electron chi connectivity index (χ1n) is 8.78. The van der Waals surface area contributed by atoms with E-state index in [0.717, 1.165) is 22.9 Å². The number of amides is 1. The lowest BCUT2D eigenvalue weighted by Crippen LogP contribution is -2.39. The highest BCUT2D eigenvalue weighted by Crippen LogP contribution is 2.24. The Labute approximate surface area is 163 Å². The molecule has 3 rings (SSSR count). The van der Waals surface area contributed by atoms with E-state index in [2.05, 4.69) is 15.9 Å². The van der Waals surface area contributed by atoms with Gasteiger partial charge in [-0.15, -0.1) is 0 Å². The highest BCUT2D eigenvalue weighted by atomic mass is 79.9. The molecule has 1 saturated heterocycles. The van der Waals surface area contributed by atoms with Crippen molar-refractivity contribution in [1.29, 1.82) is 0 Å². The Balaban J connectivity index is 1.64. The van der Waals surface area contributed by atoms with Crippen molar-refractivity contribution in [2.45, 2.75) is 36.6 Å². The van der Waals surface area contributed by atoms with Gasteiger partial charge in [-0.05, 0) is 43.0 Å². The number of likely N-dealkylation sites (tertiary alicyclic amines) is 1. The van der Waals surface area contributed by atoms with Gasteiger partial charge in [0.05, 0.1) is 10.6 Å². The number of benzene rings is 2. The van der Waals surface area contributed by atoms with Gasteiger partial charge in [0.15, 0.2) is 9.84 Å². The second-order valence-corrected chi connectivity index (χ2v) is 9.46. The molecule has 0 saturated carbocycles. The van der Waals surface area contributed by atoms with Crippen molar-refractivity contribution < 1.29 is 13.2 Å². The zero-order valence-electron chi connectivity index (χ0n) is 14.5. The minimum absolute atomic E-state index is 0.00220. The monoisotopic (exact) mass is 435 g/mol. The van der Waals surface area contributed by atoms with Crippen LogP contribution in [0.3, 0.4) is 0 Å². The number of halogens is 1. The fourth-order valence-electron chi connectivity index (χ4n) is 3.40. The second kappa shape index (κ2) is 8.35. The Morgan fingerprint density at radius 3 is 2.50 bits per heavy atom. The number of rotatable bonds is 6. The van der Waals surface area contributed by atoms with Crippen LogP contribution in [0.5, 0.6) is 0 Å². The first-order chi connectivity index (χ1) is 12.5. The third-order valence-electron chi connectivity index (χ3n) is 4.78. The third-order valence-corrected chi connectivity index (χ3v) is 7.37. The van der Waals surface area contributed by atoms with E-state index in [1.54, 1.807) is 35.2 Å².